The van der Waals surface area contributed by atoms with E-state index in [4.69, 9.17) is 16.3 Å². The van der Waals surface area contributed by atoms with E-state index in [-0.39, 0.29) is 16.8 Å². The summed E-state index contributed by atoms with van der Waals surface area (Å²) >= 11 is 5.71. The molecule has 6 nitrogen and oxygen atoms in total. The predicted molar refractivity (Wildman–Crippen MR) is 98.3 cm³/mol. The second-order valence-electron chi connectivity index (χ2n) is 5.94. The lowest BCUT2D eigenvalue weighted by atomic mass is 10.2. The van der Waals surface area contributed by atoms with Crippen LogP contribution in [0.4, 0.5) is 21.5 Å². The Kier molecular flexibility index (Phi) is 4.99. The van der Waals surface area contributed by atoms with Gasteiger partial charge in [0.2, 0.25) is 5.91 Å². The lowest BCUT2D eigenvalue weighted by molar-refractivity contribution is -0.122. The molecule has 2 aromatic rings. The Morgan fingerprint density at radius 1 is 1.27 bits per heavy atom. The summed E-state index contributed by atoms with van der Waals surface area (Å²) in [7, 11) is 0. The van der Waals surface area contributed by atoms with Crippen molar-refractivity contribution in [1.29, 1.82) is 0 Å². The largest absolute Gasteiger partial charge is 0.479 e. The van der Waals surface area contributed by atoms with Gasteiger partial charge in [-0.15, -0.1) is 0 Å². The summed E-state index contributed by atoms with van der Waals surface area (Å²) in [6.45, 7) is 3.34. The van der Waals surface area contributed by atoms with Gasteiger partial charge in [-0.25, -0.2) is 4.39 Å². The maximum Gasteiger partial charge on any atom is 0.265 e. The third-order valence-electron chi connectivity index (χ3n) is 3.87. The first-order chi connectivity index (χ1) is 12.3. The van der Waals surface area contributed by atoms with E-state index in [1.165, 1.54) is 18.2 Å². The molecule has 0 saturated heterocycles. The molecule has 1 aliphatic rings. The Morgan fingerprint density at radius 2 is 2.00 bits per heavy atom. The number of carbonyl (C=O) groups excluding carboxylic acids is 2. The van der Waals surface area contributed by atoms with Crippen LogP contribution in [0, 0.1) is 5.82 Å². The van der Waals surface area contributed by atoms with Crippen LogP contribution < -0.4 is 20.7 Å². The van der Waals surface area contributed by atoms with E-state index in [0.29, 0.717) is 22.8 Å². The third-order valence-corrected chi connectivity index (χ3v) is 4.16. The molecule has 1 aliphatic heterocycles. The molecule has 3 N–H and O–H groups in total. The van der Waals surface area contributed by atoms with Gasteiger partial charge >= 0.3 is 0 Å². The third kappa shape index (κ3) is 3.88. The monoisotopic (exact) mass is 377 g/mol. The minimum absolute atomic E-state index is 0.0666. The molecule has 0 aliphatic carbocycles. The van der Waals surface area contributed by atoms with Crippen molar-refractivity contribution in [2.75, 3.05) is 16.0 Å². The SMILES string of the molecule is CC(Nc1ccc2c(c1)NC(=O)C(C)O2)C(=O)Nc1ccc(F)c(Cl)c1. The first-order valence-electron chi connectivity index (χ1n) is 7.97. The van der Waals surface area contributed by atoms with Gasteiger partial charge < -0.3 is 20.7 Å². The highest BCUT2D eigenvalue weighted by atomic mass is 35.5. The fourth-order valence-electron chi connectivity index (χ4n) is 2.44. The minimum atomic E-state index is -0.587. The highest BCUT2D eigenvalue weighted by Gasteiger charge is 2.24. The van der Waals surface area contributed by atoms with Crippen LogP contribution in [0.3, 0.4) is 0 Å². The molecular weight excluding hydrogens is 361 g/mol. The minimum Gasteiger partial charge on any atom is -0.479 e. The number of carbonyl (C=O) groups is 2. The molecule has 26 heavy (non-hydrogen) atoms. The number of amides is 2. The summed E-state index contributed by atoms with van der Waals surface area (Å²) in [5.74, 6) is -0.530. The summed E-state index contributed by atoms with van der Waals surface area (Å²) in [6.07, 6.45) is -0.548. The van der Waals surface area contributed by atoms with Crippen molar-refractivity contribution in [3.63, 3.8) is 0 Å². The average molecular weight is 378 g/mol. The van der Waals surface area contributed by atoms with E-state index in [9.17, 15) is 14.0 Å². The number of hydrogen-bond donors (Lipinski definition) is 3. The maximum absolute atomic E-state index is 13.2. The van der Waals surface area contributed by atoms with Crippen LogP contribution in [0.1, 0.15) is 13.8 Å². The molecule has 0 radical (unpaired) electrons. The lowest BCUT2D eigenvalue weighted by Crippen LogP contribution is -2.34. The van der Waals surface area contributed by atoms with Crippen molar-refractivity contribution in [2.24, 2.45) is 0 Å². The summed E-state index contributed by atoms with van der Waals surface area (Å²) in [5.41, 5.74) is 1.58. The van der Waals surface area contributed by atoms with Gasteiger partial charge in [-0.1, -0.05) is 11.6 Å². The van der Waals surface area contributed by atoms with Gasteiger partial charge in [-0.2, -0.15) is 0 Å². The van der Waals surface area contributed by atoms with Crippen molar-refractivity contribution in [1.82, 2.24) is 0 Å². The molecule has 0 aromatic heterocycles. The molecule has 0 spiro atoms. The Hall–Kier alpha value is -2.80. The van der Waals surface area contributed by atoms with Crippen LogP contribution in [0.5, 0.6) is 5.75 Å². The number of fused-ring (bicyclic) bond motifs is 1. The number of rotatable bonds is 4. The smallest absolute Gasteiger partial charge is 0.265 e. The Morgan fingerprint density at radius 3 is 2.73 bits per heavy atom. The van der Waals surface area contributed by atoms with Crippen LogP contribution >= 0.6 is 11.6 Å². The fraction of sp³-hybridized carbons (Fsp3) is 0.222. The fourth-order valence-corrected chi connectivity index (χ4v) is 2.62. The predicted octanol–water partition coefficient (Wildman–Crippen LogP) is 3.64. The van der Waals surface area contributed by atoms with Crippen LogP contribution in [-0.2, 0) is 9.59 Å². The molecule has 2 amide bonds. The molecule has 0 fully saturated rings. The van der Waals surface area contributed by atoms with E-state index >= 15 is 0 Å². The van der Waals surface area contributed by atoms with Crippen LogP contribution in [0.25, 0.3) is 0 Å². The molecule has 1 heterocycles. The summed E-state index contributed by atoms with van der Waals surface area (Å²) in [6, 6.07) is 8.53. The van der Waals surface area contributed by atoms with E-state index in [1.807, 2.05) is 0 Å². The molecular formula is C18H17ClFN3O3. The molecule has 0 saturated carbocycles. The highest BCUT2D eigenvalue weighted by molar-refractivity contribution is 6.31. The van der Waals surface area contributed by atoms with Gasteiger partial charge in [0.05, 0.1) is 10.7 Å². The summed E-state index contributed by atoms with van der Waals surface area (Å²) in [5, 5.41) is 8.38. The van der Waals surface area contributed by atoms with Gasteiger partial charge in [0.1, 0.15) is 17.6 Å². The van der Waals surface area contributed by atoms with Crippen LogP contribution in [-0.4, -0.2) is 24.0 Å². The lowest BCUT2D eigenvalue weighted by Gasteiger charge is -2.24. The van der Waals surface area contributed by atoms with E-state index < -0.39 is 18.0 Å². The van der Waals surface area contributed by atoms with Crippen molar-refractivity contribution in [3.05, 3.63) is 47.2 Å². The van der Waals surface area contributed by atoms with E-state index in [1.54, 1.807) is 32.0 Å². The zero-order valence-electron chi connectivity index (χ0n) is 14.1. The first-order valence-corrected chi connectivity index (χ1v) is 8.35. The highest BCUT2D eigenvalue weighted by Crippen LogP contribution is 2.32. The summed E-state index contributed by atoms with van der Waals surface area (Å²) < 4.78 is 18.7. The number of benzene rings is 2. The van der Waals surface area contributed by atoms with E-state index in [2.05, 4.69) is 16.0 Å². The van der Waals surface area contributed by atoms with Gasteiger partial charge in [0.15, 0.2) is 6.10 Å². The van der Waals surface area contributed by atoms with Gasteiger partial charge in [0.25, 0.3) is 5.91 Å². The van der Waals surface area contributed by atoms with E-state index in [0.717, 1.165) is 0 Å². The molecule has 136 valence electrons. The van der Waals surface area contributed by atoms with Crippen molar-refractivity contribution >= 4 is 40.5 Å². The topological polar surface area (TPSA) is 79.5 Å². The average Bonchev–Trinajstić information content (AvgIpc) is 2.59. The van der Waals surface area contributed by atoms with Gasteiger partial charge in [0, 0.05) is 11.4 Å². The Balaban J connectivity index is 1.66. The van der Waals surface area contributed by atoms with Gasteiger partial charge in [-0.05, 0) is 50.2 Å². The molecule has 2 atom stereocenters. The van der Waals surface area contributed by atoms with Crippen molar-refractivity contribution < 1.29 is 18.7 Å². The number of halogens is 2. The number of anilines is 3. The second kappa shape index (κ2) is 7.21. The zero-order chi connectivity index (χ0) is 18.8. The molecule has 2 unspecified atom stereocenters. The molecule has 8 heteroatoms. The van der Waals surface area contributed by atoms with Crippen molar-refractivity contribution in [3.8, 4) is 5.75 Å². The number of hydrogen-bond acceptors (Lipinski definition) is 4. The standard InChI is InChI=1S/C18H17ClFN3O3/c1-9(17(24)22-11-3-5-14(20)13(19)7-11)21-12-4-6-16-15(8-12)23-18(25)10(2)26-16/h3-10,21H,1-2H3,(H,22,24)(H,23,25). The Labute approximate surface area is 154 Å². The van der Waals surface area contributed by atoms with Crippen LogP contribution in [0.15, 0.2) is 36.4 Å². The normalized spacial score (nSPS) is 16.8. The first kappa shape index (κ1) is 18.0. The number of ether oxygens (including phenoxy) is 1. The number of nitrogens with one attached hydrogen (secondary N) is 3. The molecule has 2 aromatic carbocycles. The summed E-state index contributed by atoms with van der Waals surface area (Å²) in [4.78, 5) is 24.0. The van der Waals surface area contributed by atoms with Crippen LogP contribution in [0.2, 0.25) is 5.02 Å². The van der Waals surface area contributed by atoms with Crippen molar-refractivity contribution in [2.45, 2.75) is 26.0 Å². The second-order valence-corrected chi connectivity index (χ2v) is 6.35. The molecule has 0 bridgehead atoms. The van der Waals surface area contributed by atoms with Gasteiger partial charge in [-0.3, -0.25) is 9.59 Å². The quantitative estimate of drug-likeness (QED) is 0.760. The molecule has 3 rings (SSSR count). The maximum atomic E-state index is 13.2. The zero-order valence-corrected chi connectivity index (χ0v) is 14.9. The Bertz CT molecular complexity index is 875.